The molecule has 0 aliphatic heterocycles. The van der Waals surface area contributed by atoms with E-state index in [9.17, 15) is 31.9 Å². The monoisotopic (exact) mass is 632 g/mol. The molecular formula is C33H45F5O2S2. The van der Waals surface area contributed by atoms with Crippen molar-refractivity contribution in [3.8, 4) is 0 Å². The summed E-state index contributed by atoms with van der Waals surface area (Å²) in [6, 6.07) is 4.22. The molecule has 236 valence electrons. The molecule has 0 saturated heterocycles. The summed E-state index contributed by atoms with van der Waals surface area (Å²) in [5, 5.41) is 13.4. The molecule has 0 aromatic carbocycles. The van der Waals surface area contributed by atoms with Crippen molar-refractivity contribution >= 4 is 28.9 Å². The third-order valence-corrected chi connectivity index (χ3v) is 14.1. The summed E-state index contributed by atoms with van der Waals surface area (Å²) in [4.78, 5) is 12.4. The highest BCUT2D eigenvalue weighted by atomic mass is 32.2. The highest BCUT2D eigenvalue weighted by Gasteiger charge is 2.79. The summed E-state index contributed by atoms with van der Waals surface area (Å²) in [6.45, 7) is 3.69. The highest BCUT2D eigenvalue weighted by Crippen LogP contribution is 2.72. The van der Waals surface area contributed by atoms with Crippen LogP contribution in [-0.4, -0.2) is 34.3 Å². The highest BCUT2D eigenvalue weighted by molar-refractivity contribution is 8.01. The van der Waals surface area contributed by atoms with Gasteiger partial charge in [-0.15, -0.1) is 23.1 Å². The van der Waals surface area contributed by atoms with Crippen LogP contribution in [0.5, 0.6) is 0 Å². The lowest BCUT2D eigenvalue weighted by Crippen LogP contribution is -2.66. The van der Waals surface area contributed by atoms with Crippen molar-refractivity contribution in [3.05, 3.63) is 29.2 Å². The average Bonchev–Trinajstić information content (AvgIpc) is 3.54. The molecule has 1 heterocycles. The van der Waals surface area contributed by atoms with Gasteiger partial charge in [0.1, 0.15) is 5.60 Å². The van der Waals surface area contributed by atoms with Crippen molar-refractivity contribution in [2.75, 3.05) is 5.75 Å². The first-order valence-corrected chi connectivity index (χ1v) is 17.7. The van der Waals surface area contributed by atoms with E-state index in [1.54, 1.807) is 11.3 Å². The smallest absolute Gasteiger partial charge is 0.383 e. The lowest BCUT2D eigenvalue weighted by atomic mass is 9.43. The van der Waals surface area contributed by atoms with Gasteiger partial charge in [0.15, 0.2) is 5.78 Å². The Morgan fingerprint density at radius 3 is 2.36 bits per heavy atom. The van der Waals surface area contributed by atoms with Crippen LogP contribution >= 0.6 is 23.1 Å². The van der Waals surface area contributed by atoms with E-state index in [0.717, 1.165) is 37.0 Å². The molecule has 5 rings (SSSR count). The molecule has 0 amide bonds. The minimum absolute atomic E-state index is 0.0218. The van der Waals surface area contributed by atoms with Crippen LogP contribution in [0.1, 0.15) is 104 Å². The Bertz CT molecular complexity index is 1130. The number of hydrogen-bond donors (Lipinski definition) is 1. The lowest BCUT2D eigenvalue weighted by molar-refractivity contribution is -0.364. The van der Waals surface area contributed by atoms with E-state index >= 15 is 0 Å². The summed E-state index contributed by atoms with van der Waals surface area (Å²) in [6.07, 6.45) is 5.83. The number of ketones is 1. The number of halogens is 5. The number of unbranched alkanes of at least 4 members (excludes halogenated alkanes) is 5. The van der Waals surface area contributed by atoms with Gasteiger partial charge in [0.25, 0.3) is 0 Å². The van der Waals surface area contributed by atoms with Crippen LogP contribution in [-0.2, 0) is 4.79 Å². The summed E-state index contributed by atoms with van der Waals surface area (Å²) < 4.78 is 72.3. The van der Waals surface area contributed by atoms with Gasteiger partial charge in [-0.25, -0.2) is 0 Å². The van der Waals surface area contributed by atoms with Crippen molar-refractivity contribution in [1.29, 1.82) is 0 Å². The standard InChI is InChI=1S/C33H45F5O2S2/c1-29-15-12-24(39)21-23(29)20-22(10-7-5-3-4-6-8-18-41-27-11-9-19-42-27)28-25(29)13-16-30(2)26(28)14-17-31(30,40)32(34,35)33(36,37)38/h9,11,19,21-22,25-26,28,40H,3-8,10,12-18,20H2,1-2H3/t22?,25-,26+,28-,29+,30+,31?/m1/s1. The van der Waals surface area contributed by atoms with Crippen molar-refractivity contribution in [1.82, 2.24) is 0 Å². The van der Waals surface area contributed by atoms with E-state index in [1.165, 1.54) is 30.4 Å². The Hall–Kier alpha value is -0.930. The Morgan fingerprint density at radius 1 is 0.976 bits per heavy atom. The second kappa shape index (κ2) is 12.1. The molecular weight excluding hydrogens is 587 g/mol. The Labute approximate surface area is 255 Å². The predicted molar refractivity (Wildman–Crippen MR) is 159 cm³/mol. The first-order valence-electron chi connectivity index (χ1n) is 15.8. The molecule has 4 aliphatic rings. The van der Waals surface area contributed by atoms with Gasteiger partial charge in [0, 0.05) is 11.8 Å². The minimum atomic E-state index is -5.79. The number of carbonyl (C=O) groups is 1. The van der Waals surface area contributed by atoms with Gasteiger partial charge >= 0.3 is 12.1 Å². The van der Waals surface area contributed by atoms with Gasteiger partial charge in [0.2, 0.25) is 0 Å². The van der Waals surface area contributed by atoms with Gasteiger partial charge in [-0.3, -0.25) is 4.79 Å². The molecule has 9 heteroatoms. The lowest BCUT2D eigenvalue weighted by Gasteiger charge is -2.62. The van der Waals surface area contributed by atoms with E-state index in [1.807, 2.05) is 17.8 Å². The van der Waals surface area contributed by atoms with Crippen LogP contribution < -0.4 is 0 Å². The van der Waals surface area contributed by atoms with Crippen molar-refractivity contribution in [2.45, 2.75) is 126 Å². The van der Waals surface area contributed by atoms with E-state index < -0.39 is 35.5 Å². The third-order valence-electron chi connectivity index (χ3n) is 11.9. The maximum Gasteiger partial charge on any atom is 0.456 e. The summed E-state index contributed by atoms with van der Waals surface area (Å²) in [5.41, 5.74) is -3.68. The molecule has 1 N–H and O–H groups in total. The fourth-order valence-corrected chi connectivity index (χ4v) is 11.4. The van der Waals surface area contributed by atoms with Crippen LogP contribution in [0.2, 0.25) is 0 Å². The number of alkyl halides is 5. The minimum Gasteiger partial charge on any atom is -0.383 e. The zero-order valence-corrected chi connectivity index (χ0v) is 26.4. The van der Waals surface area contributed by atoms with Crippen LogP contribution in [0.3, 0.4) is 0 Å². The molecule has 7 atom stereocenters. The first kappa shape index (κ1) is 32.5. The maximum absolute atomic E-state index is 15.0. The molecule has 3 saturated carbocycles. The third kappa shape index (κ3) is 5.54. The van der Waals surface area contributed by atoms with Gasteiger partial charge < -0.3 is 5.11 Å². The number of allylic oxidation sites excluding steroid dienone is 1. The number of thiophene rings is 1. The molecule has 0 bridgehead atoms. The van der Waals surface area contributed by atoms with Crippen LogP contribution in [0.25, 0.3) is 0 Å². The van der Waals surface area contributed by atoms with E-state index in [-0.39, 0.29) is 41.8 Å². The molecule has 2 nitrogen and oxygen atoms in total. The molecule has 3 fully saturated rings. The van der Waals surface area contributed by atoms with E-state index in [2.05, 4.69) is 24.4 Å². The Balaban J connectivity index is 1.26. The Morgan fingerprint density at radius 2 is 1.67 bits per heavy atom. The molecule has 1 aromatic rings. The van der Waals surface area contributed by atoms with Crippen molar-refractivity contribution in [3.63, 3.8) is 0 Å². The van der Waals surface area contributed by atoms with Gasteiger partial charge in [-0.2, -0.15) is 22.0 Å². The Kier molecular flexibility index (Phi) is 9.36. The van der Waals surface area contributed by atoms with E-state index in [0.29, 0.717) is 25.7 Å². The molecule has 0 radical (unpaired) electrons. The maximum atomic E-state index is 15.0. The number of rotatable bonds is 11. The number of aliphatic hydroxyl groups is 1. The average molecular weight is 633 g/mol. The molecule has 0 spiro atoms. The van der Waals surface area contributed by atoms with Gasteiger partial charge in [0.05, 0.1) is 4.21 Å². The second-order valence-electron chi connectivity index (χ2n) is 13.9. The van der Waals surface area contributed by atoms with Crippen molar-refractivity contribution < 1.29 is 31.9 Å². The molecule has 1 aromatic heterocycles. The zero-order valence-electron chi connectivity index (χ0n) is 24.8. The van der Waals surface area contributed by atoms with Gasteiger partial charge in [-0.05, 0) is 104 Å². The fraction of sp³-hybridized carbons (Fsp3) is 0.788. The number of thioether (sulfide) groups is 1. The van der Waals surface area contributed by atoms with Gasteiger partial charge in [-0.1, -0.05) is 57.6 Å². The normalized spacial score (nSPS) is 36.8. The SMILES string of the molecule is C[C@]12CCC(=O)C=C1CC(CCCCCCCCSc1cccs1)[C@@H]1[C@H]2CC[C@@]2(C)[C@H]1CCC2(O)C(F)(F)C(F)(F)F. The summed E-state index contributed by atoms with van der Waals surface area (Å²) >= 11 is 3.68. The van der Waals surface area contributed by atoms with Crippen LogP contribution in [0.4, 0.5) is 22.0 Å². The number of hydrogen-bond acceptors (Lipinski definition) is 4. The van der Waals surface area contributed by atoms with Crippen molar-refractivity contribution in [2.24, 2.45) is 34.5 Å². The summed E-state index contributed by atoms with van der Waals surface area (Å²) in [5.74, 6) is -4.04. The summed E-state index contributed by atoms with van der Waals surface area (Å²) in [7, 11) is 0. The number of fused-ring (bicyclic) bond motifs is 5. The van der Waals surface area contributed by atoms with Crippen LogP contribution in [0, 0.1) is 34.5 Å². The number of carbonyl (C=O) groups excluding carboxylic acids is 1. The molecule has 42 heavy (non-hydrogen) atoms. The first-order chi connectivity index (χ1) is 19.7. The predicted octanol–water partition coefficient (Wildman–Crippen LogP) is 10.3. The second-order valence-corrected chi connectivity index (χ2v) is 16.3. The molecule has 2 unspecified atom stereocenters. The van der Waals surface area contributed by atoms with Crippen LogP contribution in [0.15, 0.2) is 33.4 Å². The zero-order chi connectivity index (χ0) is 30.4. The quantitative estimate of drug-likeness (QED) is 0.150. The fourth-order valence-electron chi connectivity index (χ4n) is 9.50. The van der Waals surface area contributed by atoms with E-state index in [4.69, 9.17) is 0 Å². The topological polar surface area (TPSA) is 37.3 Å². The molecule has 4 aliphatic carbocycles. The largest absolute Gasteiger partial charge is 0.456 e.